The molecular formula is C16H17BrN2O3S. The molecule has 2 rings (SSSR count). The van der Waals surface area contributed by atoms with Crippen LogP contribution in [0.5, 0.6) is 0 Å². The number of anilines is 2. The number of rotatable bonds is 5. The van der Waals surface area contributed by atoms with E-state index in [0.717, 1.165) is 4.47 Å². The first-order valence-corrected chi connectivity index (χ1v) is 9.38. The summed E-state index contributed by atoms with van der Waals surface area (Å²) >= 11 is 3.37. The van der Waals surface area contributed by atoms with Gasteiger partial charge >= 0.3 is 0 Å². The third-order valence-electron chi connectivity index (χ3n) is 3.40. The van der Waals surface area contributed by atoms with E-state index in [4.69, 9.17) is 0 Å². The highest BCUT2D eigenvalue weighted by Gasteiger charge is 2.16. The summed E-state index contributed by atoms with van der Waals surface area (Å²) < 4.78 is 25.7. The standard InChI is InChI=1S/C16H17BrN2O3S/c1-3-23(21,22)19(2)13-10-8-12(9-11-13)16(20)18-15-7-5-4-6-14(15)17/h4-11H,3H2,1-2H3,(H,18,20). The molecule has 0 fully saturated rings. The van der Waals surface area contributed by atoms with E-state index in [-0.39, 0.29) is 11.7 Å². The van der Waals surface area contributed by atoms with Crippen molar-refractivity contribution in [1.29, 1.82) is 0 Å². The largest absolute Gasteiger partial charge is 0.321 e. The maximum atomic E-state index is 12.2. The average molecular weight is 397 g/mol. The molecule has 0 radical (unpaired) electrons. The van der Waals surface area contributed by atoms with Crippen LogP contribution in [0.15, 0.2) is 53.0 Å². The molecule has 0 saturated heterocycles. The topological polar surface area (TPSA) is 66.5 Å². The predicted octanol–water partition coefficient (Wildman–Crippen LogP) is 3.49. The zero-order valence-electron chi connectivity index (χ0n) is 12.8. The SMILES string of the molecule is CCS(=O)(=O)N(C)c1ccc(C(=O)Nc2ccccc2Br)cc1. The smallest absolute Gasteiger partial charge is 0.255 e. The van der Waals surface area contributed by atoms with Crippen LogP contribution in [0.25, 0.3) is 0 Å². The molecule has 1 N–H and O–H groups in total. The Bertz CT molecular complexity index is 804. The van der Waals surface area contributed by atoms with E-state index in [1.165, 1.54) is 11.4 Å². The summed E-state index contributed by atoms with van der Waals surface area (Å²) in [4.78, 5) is 12.2. The van der Waals surface area contributed by atoms with Crippen LogP contribution in [0, 0.1) is 0 Å². The summed E-state index contributed by atoms with van der Waals surface area (Å²) in [6.07, 6.45) is 0. The van der Waals surface area contributed by atoms with Crippen LogP contribution in [-0.4, -0.2) is 27.1 Å². The Labute approximate surface area is 144 Å². The van der Waals surface area contributed by atoms with Gasteiger partial charge in [-0.2, -0.15) is 0 Å². The predicted molar refractivity (Wildman–Crippen MR) is 96.4 cm³/mol. The Morgan fingerprint density at radius 2 is 1.74 bits per heavy atom. The highest BCUT2D eigenvalue weighted by molar-refractivity contribution is 9.10. The van der Waals surface area contributed by atoms with Crippen LogP contribution in [0.2, 0.25) is 0 Å². The number of nitrogens with one attached hydrogen (secondary N) is 1. The maximum absolute atomic E-state index is 12.2. The van der Waals surface area contributed by atoms with Crippen molar-refractivity contribution in [1.82, 2.24) is 0 Å². The molecule has 0 heterocycles. The number of carbonyl (C=O) groups excluding carboxylic acids is 1. The van der Waals surface area contributed by atoms with Gasteiger partial charge in [-0.25, -0.2) is 8.42 Å². The molecule has 2 aromatic rings. The number of halogens is 1. The molecule has 0 atom stereocenters. The van der Waals surface area contributed by atoms with Crippen LogP contribution < -0.4 is 9.62 Å². The average Bonchev–Trinajstić information content (AvgIpc) is 2.56. The second-order valence-corrected chi connectivity index (χ2v) is 7.99. The van der Waals surface area contributed by atoms with E-state index in [1.54, 1.807) is 37.3 Å². The first-order valence-electron chi connectivity index (χ1n) is 6.97. The summed E-state index contributed by atoms with van der Waals surface area (Å²) in [6, 6.07) is 13.7. The Balaban J connectivity index is 2.16. The normalized spacial score (nSPS) is 11.1. The van der Waals surface area contributed by atoms with Gasteiger partial charge in [-0.15, -0.1) is 0 Å². The van der Waals surface area contributed by atoms with Gasteiger partial charge in [0.05, 0.1) is 17.1 Å². The number of carbonyl (C=O) groups is 1. The van der Waals surface area contributed by atoms with Crippen LogP contribution in [0.4, 0.5) is 11.4 Å². The number of benzene rings is 2. The van der Waals surface area contributed by atoms with Crippen LogP contribution in [0.1, 0.15) is 17.3 Å². The third-order valence-corrected chi connectivity index (χ3v) is 5.86. The first-order chi connectivity index (χ1) is 10.8. The maximum Gasteiger partial charge on any atom is 0.255 e. The molecule has 0 spiro atoms. The van der Waals surface area contributed by atoms with E-state index >= 15 is 0 Å². The molecule has 0 aromatic heterocycles. The van der Waals surface area contributed by atoms with E-state index in [2.05, 4.69) is 21.2 Å². The minimum atomic E-state index is -3.31. The van der Waals surface area contributed by atoms with Gasteiger partial charge in [-0.1, -0.05) is 12.1 Å². The number of sulfonamides is 1. The molecule has 7 heteroatoms. The number of nitrogens with zero attached hydrogens (tertiary/aromatic N) is 1. The Kier molecular flexibility index (Phi) is 5.43. The van der Waals surface area contributed by atoms with Gasteiger partial charge in [0.25, 0.3) is 5.91 Å². The molecule has 5 nitrogen and oxygen atoms in total. The molecule has 2 aromatic carbocycles. The molecule has 0 aliphatic heterocycles. The lowest BCUT2D eigenvalue weighted by Gasteiger charge is -2.18. The number of hydrogen-bond donors (Lipinski definition) is 1. The molecule has 0 aliphatic carbocycles. The van der Waals surface area contributed by atoms with E-state index in [9.17, 15) is 13.2 Å². The van der Waals surface area contributed by atoms with Crippen molar-refractivity contribution in [2.24, 2.45) is 0 Å². The van der Waals surface area contributed by atoms with Gasteiger partial charge in [0, 0.05) is 17.1 Å². The fraction of sp³-hybridized carbons (Fsp3) is 0.188. The van der Waals surface area contributed by atoms with Crippen molar-refractivity contribution in [2.45, 2.75) is 6.92 Å². The first kappa shape index (κ1) is 17.5. The van der Waals surface area contributed by atoms with Crippen molar-refractivity contribution in [3.63, 3.8) is 0 Å². The highest BCUT2D eigenvalue weighted by Crippen LogP contribution is 2.22. The van der Waals surface area contributed by atoms with Crippen molar-refractivity contribution in [3.8, 4) is 0 Å². The monoisotopic (exact) mass is 396 g/mol. The van der Waals surface area contributed by atoms with Crippen molar-refractivity contribution in [2.75, 3.05) is 22.4 Å². The zero-order chi connectivity index (χ0) is 17.0. The summed E-state index contributed by atoms with van der Waals surface area (Å²) in [7, 11) is -1.82. The Morgan fingerprint density at radius 3 is 2.30 bits per heavy atom. The molecule has 0 bridgehead atoms. The van der Waals surface area contributed by atoms with Crippen LogP contribution in [-0.2, 0) is 10.0 Å². The molecule has 0 unspecified atom stereocenters. The Hall–Kier alpha value is -1.86. The zero-order valence-corrected chi connectivity index (χ0v) is 15.2. The fourth-order valence-corrected chi connectivity index (χ4v) is 3.15. The second-order valence-electron chi connectivity index (χ2n) is 4.85. The molecule has 23 heavy (non-hydrogen) atoms. The second kappa shape index (κ2) is 7.14. The third kappa shape index (κ3) is 4.11. The molecule has 0 aliphatic rings. The molecule has 1 amide bonds. The number of para-hydroxylation sites is 1. The lowest BCUT2D eigenvalue weighted by atomic mass is 10.2. The minimum Gasteiger partial charge on any atom is -0.321 e. The summed E-state index contributed by atoms with van der Waals surface area (Å²) in [6.45, 7) is 1.59. The van der Waals surface area contributed by atoms with Crippen LogP contribution in [0.3, 0.4) is 0 Å². The van der Waals surface area contributed by atoms with Gasteiger partial charge in [-0.05, 0) is 59.3 Å². The van der Waals surface area contributed by atoms with Gasteiger partial charge in [0.2, 0.25) is 10.0 Å². The summed E-state index contributed by atoms with van der Waals surface area (Å²) in [5.74, 6) is -0.238. The van der Waals surface area contributed by atoms with E-state index in [0.29, 0.717) is 16.9 Å². The van der Waals surface area contributed by atoms with Crippen molar-refractivity contribution in [3.05, 3.63) is 58.6 Å². The van der Waals surface area contributed by atoms with Gasteiger partial charge < -0.3 is 5.32 Å². The Morgan fingerprint density at radius 1 is 1.13 bits per heavy atom. The quantitative estimate of drug-likeness (QED) is 0.840. The molecular weight excluding hydrogens is 380 g/mol. The van der Waals surface area contributed by atoms with Crippen LogP contribution >= 0.6 is 15.9 Å². The van der Waals surface area contributed by atoms with Gasteiger partial charge in [0.1, 0.15) is 0 Å². The van der Waals surface area contributed by atoms with Gasteiger partial charge in [-0.3, -0.25) is 9.10 Å². The number of amides is 1. The van der Waals surface area contributed by atoms with E-state index < -0.39 is 10.0 Å². The number of hydrogen-bond acceptors (Lipinski definition) is 3. The van der Waals surface area contributed by atoms with Crippen molar-refractivity contribution >= 4 is 43.2 Å². The highest BCUT2D eigenvalue weighted by atomic mass is 79.9. The lowest BCUT2D eigenvalue weighted by Crippen LogP contribution is -2.28. The van der Waals surface area contributed by atoms with Crippen molar-refractivity contribution < 1.29 is 13.2 Å². The lowest BCUT2D eigenvalue weighted by molar-refractivity contribution is 0.102. The van der Waals surface area contributed by atoms with Gasteiger partial charge in [0.15, 0.2) is 0 Å². The fourth-order valence-electron chi connectivity index (χ4n) is 1.93. The molecule has 0 saturated carbocycles. The summed E-state index contributed by atoms with van der Waals surface area (Å²) in [5.41, 5.74) is 1.64. The molecule has 122 valence electrons. The summed E-state index contributed by atoms with van der Waals surface area (Å²) in [5, 5.41) is 2.80. The minimum absolute atomic E-state index is 0.0216. The van der Waals surface area contributed by atoms with E-state index in [1.807, 2.05) is 18.2 Å².